The molecule has 1 aromatic carbocycles. The van der Waals surface area contributed by atoms with E-state index in [1.54, 1.807) is 19.9 Å². The van der Waals surface area contributed by atoms with Gasteiger partial charge in [-0.1, -0.05) is 30.7 Å². The summed E-state index contributed by atoms with van der Waals surface area (Å²) in [4.78, 5) is 11.5. The van der Waals surface area contributed by atoms with Crippen LogP contribution in [0.15, 0.2) is 18.2 Å². The number of benzene rings is 1. The van der Waals surface area contributed by atoms with Crippen LogP contribution in [0.4, 0.5) is 0 Å². The van der Waals surface area contributed by atoms with Crippen molar-refractivity contribution in [1.29, 1.82) is 0 Å². The maximum atomic E-state index is 11.5. The quantitative estimate of drug-likeness (QED) is 0.937. The van der Waals surface area contributed by atoms with Crippen molar-refractivity contribution < 1.29 is 9.90 Å². The molecule has 6 nitrogen and oxygen atoms in total. The second-order valence-corrected chi connectivity index (χ2v) is 5.22. The lowest BCUT2D eigenvalue weighted by atomic mass is 9.99. The van der Waals surface area contributed by atoms with Gasteiger partial charge in [0.2, 0.25) is 0 Å². The van der Waals surface area contributed by atoms with Crippen molar-refractivity contribution in [2.24, 2.45) is 0 Å². The van der Waals surface area contributed by atoms with E-state index in [1.807, 2.05) is 19.1 Å². The van der Waals surface area contributed by atoms with E-state index in [4.69, 9.17) is 11.6 Å². The van der Waals surface area contributed by atoms with Gasteiger partial charge < -0.3 is 5.11 Å². The summed E-state index contributed by atoms with van der Waals surface area (Å²) in [6.07, 6.45) is 0.361. The molecule has 0 fully saturated rings. The number of nitrogens with zero attached hydrogens (tertiary/aromatic N) is 4. The van der Waals surface area contributed by atoms with Crippen LogP contribution < -0.4 is 0 Å². The predicted molar refractivity (Wildman–Crippen MR) is 74.6 cm³/mol. The molecule has 0 saturated carbocycles. The van der Waals surface area contributed by atoms with Crippen LogP contribution in [-0.4, -0.2) is 31.3 Å². The van der Waals surface area contributed by atoms with Crippen LogP contribution in [0.25, 0.3) is 11.4 Å². The first-order valence-electron chi connectivity index (χ1n) is 6.19. The molecular weight excluding hydrogens is 280 g/mol. The predicted octanol–water partition coefficient (Wildman–Crippen LogP) is 2.51. The van der Waals surface area contributed by atoms with Crippen molar-refractivity contribution >= 4 is 17.6 Å². The smallest absolute Gasteiger partial charge is 0.331 e. The highest BCUT2D eigenvalue weighted by Crippen LogP contribution is 2.28. The van der Waals surface area contributed by atoms with Gasteiger partial charge in [-0.25, -0.2) is 9.48 Å². The third-order valence-corrected chi connectivity index (χ3v) is 3.92. The molecular formula is C13H15ClN4O2. The van der Waals surface area contributed by atoms with Crippen LogP contribution in [0.5, 0.6) is 0 Å². The number of aliphatic carboxylic acids is 1. The molecule has 20 heavy (non-hydrogen) atoms. The SMILES string of the molecule is CCC(C)(C(=O)O)n1nnnc1-c1ccc(C)c(Cl)c1. The molecule has 1 unspecified atom stereocenters. The van der Waals surface area contributed by atoms with E-state index < -0.39 is 11.5 Å². The van der Waals surface area contributed by atoms with Gasteiger partial charge in [-0.05, 0) is 42.3 Å². The Hall–Kier alpha value is -1.95. The van der Waals surface area contributed by atoms with Crippen LogP contribution >= 0.6 is 11.6 Å². The number of rotatable bonds is 4. The fourth-order valence-electron chi connectivity index (χ4n) is 1.82. The molecule has 0 aliphatic heterocycles. The molecule has 2 aromatic rings. The number of aryl methyl sites for hydroxylation is 1. The van der Waals surface area contributed by atoms with Crippen molar-refractivity contribution in [2.45, 2.75) is 32.7 Å². The minimum Gasteiger partial charge on any atom is -0.479 e. The van der Waals surface area contributed by atoms with Crippen molar-refractivity contribution in [3.63, 3.8) is 0 Å². The number of hydrogen-bond donors (Lipinski definition) is 1. The first-order valence-corrected chi connectivity index (χ1v) is 6.56. The molecule has 106 valence electrons. The van der Waals surface area contributed by atoms with Gasteiger partial charge in [0.15, 0.2) is 11.4 Å². The normalized spacial score (nSPS) is 14.0. The topological polar surface area (TPSA) is 80.9 Å². The number of carboxylic acid groups (broad SMARTS) is 1. The van der Waals surface area contributed by atoms with Gasteiger partial charge in [-0.2, -0.15) is 0 Å². The molecule has 0 amide bonds. The van der Waals surface area contributed by atoms with E-state index in [-0.39, 0.29) is 0 Å². The molecule has 1 atom stereocenters. The maximum Gasteiger partial charge on any atom is 0.331 e. The standard InChI is InChI=1S/C13H15ClN4O2/c1-4-13(3,12(19)20)18-11(15-16-17-18)9-6-5-8(2)10(14)7-9/h5-7H,4H2,1-3H3,(H,19,20). The molecule has 0 aliphatic carbocycles. The van der Waals surface area contributed by atoms with Crippen LogP contribution in [0.3, 0.4) is 0 Å². The zero-order valence-electron chi connectivity index (χ0n) is 11.5. The average molecular weight is 295 g/mol. The van der Waals surface area contributed by atoms with Gasteiger partial charge in [-0.3, -0.25) is 0 Å². The summed E-state index contributed by atoms with van der Waals surface area (Å²) in [5.74, 6) is -0.592. The van der Waals surface area contributed by atoms with Crippen LogP contribution in [0.2, 0.25) is 5.02 Å². The lowest BCUT2D eigenvalue weighted by Crippen LogP contribution is -2.39. The minimum atomic E-state index is -1.20. The summed E-state index contributed by atoms with van der Waals surface area (Å²) < 4.78 is 1.33. The maximum absolute atomic E-state index is 11.5. The number of halogens is 1. The highest BCUT2D eigenvalue weighted by atomic mass is 35.5. The van der Waals surface area contributed by atoms with Crippen LogP contribution in [0.1, 0.15) is 25.8 Å². The van der Waals surface area contributed by atoms with E-state index in [0.717, 1.165) is 5.56 Å². The van der Waals surface area contributed by atoms with E-state index in [9.17, 15) is 9.90 Å². The average Bonchev–Trinajstić information content (AvgIpc) is 2.90. The number of carboxylic acids is 1. The molecule has 0 saturated heterocycles. The Morgan fingerprint density at radius 2 is 2.20 bits per heavy atom. The zero-order valence-corrected chi connectivity index (χ0v) is 12.2. The van der Waals surface area contributed by atoms with E-state index >= 15 is 0 Å². The van der Waals surface area contributed by atoms with E-state index in [0.29, 0.717) is 22.8 Å². The van der Waals surface area contributed by atoms with Gasteiger partial charge >= 0.3 is 5.97 Å². The van der Waals surface area contributed by atoms with Gasteiger partial charge in [0.25, 0.3) is 0 Å². The molecule has 0 aliphatic rings. The Labute approximate surface area is 121 Å². The molecule has 0 radical (unpaired) electrons. The number of aromatic nitrogens is 4. The Morgan fingerprint density at radius 1 is 1.50 bits per heavy atom. The van der Waals surface area contributed by atoms with Crippen LogP contribution in [-0.2, 0) is 10.3 Å². The number of hydrogen-bond acceptors (Lipinski definition) is 4. The lowest BCUT2D eigenvalue weighted by Gasteiger charge is -2.24. The molecule has 2 rings (SSSR count). The van der Waals surface area contributed by atoms with Crippen molar-refractivity contribution in [3.8, 4) is 11.4 Å². The second kappa shape index (κ2) is 5.20. The van der Waals surface area contributed by atoms with E-state index in [1.165, 1.54) is 4.68 Å². The second-order valence-electron chi connectivity index (χ2n) is 4.81. The number of tetrazole rings is 1. The summed E-state index contributed by atoms with van der Waals surface area (Å²) >= 11 is 6.10. The third-order valence-electron chi connectivity index (χ3n) is 3.52. The molecule has 0 bridgehead atoms. The van der Waals surface area contributed by atoms with Gasteiger partial charge in [0, 0.05) is 10.6 Å². The molecule has 1 heterocycles. The van der Waals surface area contributed by atoms with Crippen molar-refractivity contribution in [3.05, 3.63) is 28.8 Å². The monoisotopic (exact) mass is 294 g/mol. The Balaban J connectivity index is 2.58. The molecule has 1 aromatic heterocycles. The summed E-state index contributed by atoms with van der Waals surface area (Å²) in [5.41, 5.74) is 0.424. The summed E-state index contributed by atoms with van der Waals surface area (Å²) in [6.45, 7) is 5.26. The molecule has 0 spiro atoms. The first kappa shape index (κ1) is 14.5. The lowest BCUT2D eigenvalue weighted by molar-refractivity contribution is -0.147. The molecule has 7 heteroatoms. The highest BCUT2D eigenvalue weighted by molar-refractivity contribution is 6.31. The fraction of sp³-hybridized carbons (Fsp3) is 0.385. The summed E-state index contributed by atoms with van der Waals surface area (Å²) in [6, 6.07) is 5.40. The third kappa shape index (κ3) is 2.27. The van der Waals surface area contributed by atoms with Crippen LogP contribution in [0, 0.1) is 6.92 Å². The summed E-state index contributed by atoms with van der Waals surface area (Å²) in [5, 5.41) is 21.4. The van der Waals surface area contributed by atoms with Gasteiger partial charge in [0.1, 0.15) is 0 Å². The first-order chi connectivity index (χ1) is 9.40. The van der Waals surface area contributed by atoms with Gasteiger partial charge in [-0.15, -0.1) is 5.10 Å². The Bertz CT molecular complexity index is 656. The van der Waals surface area contributed by atoms with Gasteiger partial charge in [0.05, 0.1) is 0 Å². The Morgan fingerprint density at radius 3 is 2.75 bits per heavy atom. The minimum absolute atomic E-state index is 0.361. The zero-order chi connectivity index (χ0) is 14.9. The Kier molecular flexibility index (Phi) is 3.76. The molecule has 1 N–H and O–H groups in total. The summed E-state index contributed by atoms with van der Waals surface area (Å²) in [7, 11) is 0. The highest BCUT2D eigenvalue weighted by Gasteiger charge is 2.37. The number of carbonyl (C=O) groups is 1. The largest absolute Gasteiger partial charge is 0.479 e. The fourth-order valence-corrected chi connectivity index (χ4v) is 2.00. The van der Waals surface area contributed by atoms with Crippen molar-refractivity contribution in [1.82, 2.24) is 20.2 Å². The van der Waals surface area contributed by atoms with Crippen molar-refractivity contribution in [2.75, 3.05) is 0 Å². The van der Waals surface area contributed by atoms with E-state index in [2.05, 4.69) is 15.5 Å².